The molecule has 0 amide bonds. The van der Waals surface area contributed by atoms with Crippen LogP contribution in [0.3, 0.4) is 0 Å². The zero-order valence-corrected chi connectivity index (χ0v) is 22.5. The summed E-state index contributed by atoms with van der Waals surface area (Å²) >= 11 is 0. The van der Waals surface area contributed by atoms with Gasteiger partial charge in [0, 0.05) is 18.3 Å². The molecule has 4 saturated carbocycles. The highest BCUT2D eigenvalue weighted by Gasteiger charge is 2.67. The molecule has 0 radical (unpaired) electrons. The van der Waals surface area contributed by atoms with Gasteiger partial charge in [0.25, 0.3) is 0 Å². The van der Waals surface area contributed by atoms with Crippen LogP contribution in [0.4, 0.5) is 0 Å². The van der Waals surface area contributed by atoms with Gasteiger partial charge in [0.15, 0.2) is 0 Å². The van der Waals surface area contributed by atoms with E-state index in [9.17, 15) is 9.59 Å². The summed E-state index contributed by atoms with van der Waals surface area (Å²) in [4.78, 5) is 23.9. The van der Waals surface area contributed by atoms with Crippen LogP contribution in [0.2, 0.25) is 0 Å². The van der Waals surface area contributed by atoms with Gasteiger partial charge in [-0.3, -0.25) is 4.79 Å². The van der Waals surface area contributed by atoms with E-state index < -0.39 is 0 Å². The van der Waals surface area contributed by atoms with Crippen molar-refractivity contribution in [1.82, 2.24) is 0 Å². The summed E-state index contributed by atoms with van der Waals surface area (Å²) < 4.78 is 0. The van der Waals surface area contributed by atoms with Crippen molar-refractivity contribution in [1.29, 1.82) is 0 Å². The fraction of sp³-hybridized carbons (Fsp3) is 0.871. The van der Waals surface area contributed by atoms with E-state index in [1.807, 2.05) is 0 Å². The van der Waals surface area contributed by atoms with E-state index in [2.05, 4.69) is 48.1 Å². The topological polar surface area (TPSA) is 34.1 Å². The average Bonchev–Trinajstić information content (AvgIpc) is 2.74. The zero-order valence-electron chi connectivity index (χ0n) is 22.5. The van der Waals surface area contributed by atoms with Crippen molar-refractivity contribution in [3.05, 3.63) is 12.2 Å². The Morgan fingerprint density at radius 1 is 1.00 bits per heavy atom. The van der Waals surface area contributed by atoms with Crippen molar-refractivity contribution in [2.24, 2.45) is 51.2 Å². The Morgan fingerprint density at radius 2 is 1.73 bits per heavy atom. The number of fused-ring (bicyclic) bond motifs is 5. The lowest BCUT2D eigenvalue weighted by Crippen LogP contribution is -2.65. The van der Waals surface area contributed by atoms with E-state index in [4.69, 9.17) is 0 Å². The summed E-state index contributed by atoms with van der Waals surface area (Å²) in [6.07, 6.45) is 15.0. The molecular weight excluding hydrogens is 404 g/mol. The van der Waals surface area contributed by atoms with Crippen LogP contribution in [-0.4, -0.2) is 12.1 Å². The smallest absolute Gasteiger partial charge is 0.138 e. The molecule has 0 aromatic carbocycles. The van der Waals surface area contributed by atoms with Gasteiger partial charge in [0.05, 0.1) is 0 Å². The summed E-state index contributed by atoms with van der Waals surface area (Å²) in [5, 5.41) is 0. The first-order valence-corrected chi connectivity index (χ1v) is 14.1. The standard InChI is InChI=1S/C31H50O2/c1-21(2)22(11-8-9-20-32)23-12-10-17-30(6)24(23)13-14-26-29(5)18-16-27(33)28(3,4)25(29)15-19-31(26,30)7/h20,22-26H,1,8-19H2,2-7H3/t22?,23-,24-,25+,26-,29+,30-,31-/m1/s1. The van der Waals surface area contributed by atoms with E-state index in [0.717, 1.165) is 49.7 Å². The third kappa shape index (κ3) is 3.63. The molecule has 4 rings (SSSR count). The molecule has 186 valence electrons. The number of allylic oxidation sites excluding steroid dienone is 1. The normalized spacial score (nSPS) is 45.3. The molecular formula is C31H50O2. The summed E-state index contributed by atoms with van der Waals surface area (Å²) in [7, 11) is 0. The molecule has 0 N–H and O–H groups in total. The highest BCUT2D eigenvalue weighted by molar-refractivity contribution is 5.85. The number of carbonyl (C=O) groups excluding carboxylic acids is 2. The number of Topliss-reactive ketones (excluding diaryl/α,β-unsaturated/α-hetero) is 1. The fourth-order valence-electron chi connectivity index (χ4n) is 10.6. The number of aldehydes is 1. The minimum atomic E-state index is -0.162. The molecule has 0 bridgehead atoms. The predicted molar refractivity (Wildman–Crippen MR) is 137 cm³/mol. The van der Waals surface area contributed by atoms with Crippen molar-refractivity contribution in [3.8, 4) is 0 Å². The van der Waals surface area contributed by atoms with Crippen LogP contribution in [-0.2, 0) is 9.59 Å². The third-order valence-corrected chi connectivity index (χ3v) is 12.4. The van der Waals surface area contributed by atoms with Crippen molar-refractivity contribution < 1.29 is 9.59 Å². The molecule has 33 heavy (non-hydrogen) atoms. The molecule has 2 heteroatoms. The van der Waals surface area contributed by atoms with Gasteiger partial charge in [-0.05, 0) is 111 Å². The maximum absolute atomic E-state index is 12.9. The molecule has 2 nitrogen and oxygen atoms in total. The number of ketones is 1. The van der Waals surface area contributed by atoms with Gasteiger partial charge >= 0.3 is 0 Å². The number of carbonyl (C=O) groups is 2. The largest absolute Gasteiger partial charge is 0.303 e. The second-order valence-corrected chi connectivity index (χ2v) is 13.9. The zero-order chi connectivity index (χ0) is 24.2. The first-order valence-electron chi connectivity index (χ1n) is 14.1. The average molecular weight is 455 g/mol. The van der Waals surface area contributed by atoms with Crippen molar-refractivity contribution in [2.75, 3.05) is 0 Å². The van der Waals surface area contributed by atoms with Crippen LogP contribution in [0.25, 0.3) is 0 Å². The van der Waals surface area contributed by atoms with Crippen molar-refractivity contribution >= 4 is 12.1 Å². The first kappa shape index (κ1) is 25.2. The lowest BCUT2D eigenvalue weighted by atomic mass is 9.33. The predicted octanol–water partition coefficient (Wildman–Crippen LogP) is 8.19. The Balaban J connectivity index is 1.66. The van der Waals surface area contributed by atoms with Gasteiger partial charge in [0.2, 0.25) is 0 Å². The number of unbranched alkanes of at least 4 members (excludes halogenated alkanes) is 1. The van der Waals surface area contributed by atoms with Crippen LogP contribution >= 0.6 is 0 Å². The van der Waals surface area contributed by atoms with Crippen molar-refractivity contribution in [3.63, 3.8) is 0 Å². The number of hydrogen-bond donors (Lipinski definition) is 0. The van der Waals surface area contributed by atoms with E-state index in [1.54, 1.807) is 0 Å². The van der Waals surface area contributed by atoms with Gasteiger partial charge in [-0.25, -0.2) is 0 Å². The molecule has 0 aromatic heterocycles. The van der Waals surface area contributed by atoms with Crippen LogP contribution in [0, 0.1) is 51.2 Å². The first-order chi connectivity index (χ1) is 15.4. The molecule has 1 unspecified atom stereocenters. The summed E-state index contributed by atoms with van der Waals surface area (Å²) in [5.74, 6) is 3.83. The molecule has 4 aliphatic carbocycles. The Kier molecular flexibility index (Phi) is 6.59. The molecule has 0 saturated heterocycles. The van der Waals surface area contributed by atoms with Crippen LogP contribution in [0.15, 0.2) is 12.2 Å². The van der Waals surface area contributed by atoms with Crippen LogP contribution in [0.5, 0.6) is 0 Å². The molecule has 4 fully saturated rings. The van der Waals surface area contributed by atoms with Gasteiger partial charge < -0.3 is 4.79 Å². The quantitative estimate of drug-likeness (QED) is 0.230. The Hall–Kier alpha value is -0.920. The Morgan fingerprint density at radius 3 is 2.39 bits per heavy atom. The molecule has 8 atom stereocenters. The highest BCUT2D eigenvalue weighted by atomic mass is 16.1. The minimum absolute atomic E-state index is 0.162. The summed E-state index contributed by atoms with van der Waals surface area (Å²) in [5.41, 5.74) is 2.20. The van der Waals surface area contributed by atoms with Crippen LogP contribution in [0.1, 0.15) is 119 Å². The fourth-order valence-corrected chi connectivity index (χ4v) is 10.6. The minimum Gasteiger partial charge on any atom is -0.303 e. The summed E-state index contributed by atoms with van der Waals surface area (Å²) in [6.45, 7) is 19.1. The lowest BCUT2D eigenvalue weighted by Gasteiger charge is -2.71. The number of hydrogen-bond acceptors (Lipinski definition) is 2. The third-order valence-electron chi connectivity index (χ3n) is 12.4. The van der Waals surface area contributed by atoms with Gasteiger partial charge in [-0.2, -0.15) is 0 Å². The SMILES string of the molecule is C=C(C)C(CCCC=O)[C@H]1CCC[C@]2(C)[C@@H]1CC[C@@H]1[C@@]3(C)CCC(=O)C(C)(C)[C@@H]3CC[C@]12C. The molecule has 4 aliphatic rings. The van der Waals surface area contributed by atoms with Gasteiger partial charge in [0.1, 0.15) is 12.1 Å². The van der Waals surface area contributed by atoms with E-state index >= 15 is 0 Å². The second kappa shape index (κ2) is 8.63. The van der Waals surface area contributed by atoms with E-state index in [1.165, 1.54) is 50.5 Å². The van der Waals surface area contributed by atoms with Crippen molar-refractivity contribution in [2.45, 2.75) is 119 Å². The second-order valence-electron chi connectivity index (χ2n) is 13.9. The highest BCUT2D eigenvalue weighted by Crippen LogP contribution is 2.74. The Labute approximate surface area is 203 Å². The van der Waals surface area contributed by atoms with Crippen LogP contribution < -0.4 is 0 Å². The van der Waals surface area contributed by atoms with E-state index in [0.29, 0.717) is 40.3 Å². The Bertz CT molecular complexity index is 795. The van der Waals surface area contributed by atoms with E-state index in [-0.39, 0.29) is 5.41 Å². The monoisotopic (exact) mass is 454 g/mol. The molecule has 0 aliphatic heterocycles. The van der Waals surface area contributed by atoms with Gasteiger partial charge in [-0.1, -0.05) is 53.2 Å². The molecule has 0 spiro atoms. The maximum atomic E-state index is 12.9. The maximum Gasteiger partial charge on any atom is 0.138 e. The summed E-state index contributed by atoms with van der Waals surface area (Å²) in [6, 6.07) is 0. The van der Waals surface area contributed by atoms with Gasteiger partial charge in [-0.15, -0.1) is 0 Å². The number of rotatable bonds is 6. The molecule has 0 aromatic rings. The lowest BCUT2D eigenvalue weighted by molar-refractivity contribution is -0.223. The molecule has 0 heterocycles.